The number of benzene rings is 1. The summed E-state index contributed by atoms with van der Waals surface area (Å²) < 4.78 is 17.4. The van der Waals surface area contributed by atoms with Crippen molar-refractivity contribution in [2.45, 2.75) is 64.2 Å². The molecule has 0 atom stereocenters. The molecular formula is C26H31N7O4. The van der Waals surface area contributed by atoms with Gasteiger partial charge in [-0.15, -0.1) is 0 Å². The van der Waals surface area contributed by atoms with Gasteiger partial charge in [-0.25, -0.2) is 14.8 Å². The molecule has 0 unspecified atom stereocenters. The molecule has 2 heterocycles. The molecule has 37 heavy (non-hydrogen) atoms. The van der Waals surface area contributed by atoms with Crippen LogP contribution in [-0.2, 0) is 4.74 Å². The van der Waals surface area contributed by atoms with Gasteiger partial charge in [0.2, 0.25) is 0 Å². The number of hydrogen-bond acceptors (Lipinski definition) is 9. The SMILES string of the molecule is COc1cccc(OC2CCC(NC(=O)OC(C)(C)C)CC2)c1-c1cc(Nc2cnc(C#N)cn2)n[nH]1. The highest BCUT2D eigenvalue weighted by Gasteiger charge is 2.27. The summed E-state index contributed by atoms with van der Waals surface area (Å²) in [6, 6.07) is 9.48. The summed E-state index contributed by atoms with van der Waals surface area (Å²) in [7, 11) is 1.61. The fourth-order valence-electron chi connectivity index (χ4n) is 4.12. The number of carbonyl (C=O) groups excluding carboxylic acids is 1. The molecule has 0 radical (unpaired) electrons. The van der Waals surface area contributed by atoms with Gasteiger partial charge >= 0.3 is 6.09 Å². The van der Waals surface area contributed by atoms with E-state index >= 15 is 0 Å². The van der Waals surface area contributed by atoms with E-state index < -0.39 is 5.60 Å². The fourth-order valence-corrected chi connectivity index (χ4v) is 4.12. The van der Waals surface area contributed by atoms with Crippen LogP contribution < -0.4 is 20.1 Å². The number of nitrogens with zero attached hydrogens (tertiary/aromatic N) is 4. The molecule has 1 fully saturated rings. The number of aromatic amines is 1. The number of hydrogen-bond donors (Lipinski definition) is 3. The van der Waals surface area contributed by atoms with Crippen molar-refractivity contribution in [3.8, 4) is 28.8 Å². The van der Waals surface area contributed by atoms with Crippen LogP contribution in [0.3, 0.4) is 0 Å². The molecule has 194 valence electrons. The van der Waals surface area contributed by atoms with Gasteiger partial charge in [0.1, 0.15) is 29.0 Å². The van der Waals surface area contributed by atoms with Crippen LogP contribution in [-0.4, -0.2) is 51.1 Å². The highest BCUT2D eigenvalue weighted by atomic mass is 16.6. The third kappa shape index (κ3) is 6.88. The number of nitrogens with one attached hydrogen (secondary N) is 3. The van der Waals surface area contributed by atoms with E-state index in [0.29, 0.717) is 28.8 Å². The largest absolute Gasteiger partial charge is 0.496 e. The van der Waals surface area contributed by atoms with Crippen molar-refractivity contribution in [3.05, 3.63) is 42.4 Å². The maximum atomic E-state index is 12.1. The summed E-state index contributed by atoms with van der Waals surface area (Å²) in [5.74, 6) is 2.31. The van der Waals surface area contributed by atoms with Crippen molar-refractivity contribution in [3.63, 3.8) is 0 Å². The van der Waals surface area contributed by atoms with Crippen LogP contribution >= 0.6 is 0 Å². The van der Waals surface area contributed by atoms with Gasteiger partial charge < -0.3 is 24.8 Å². The predicted octanol–water partition coefficient (Wildman–Crippen LogP) is 4.71. The number of amides is 1. The lowest BCUT2D eigenvalue weighted by Crippen LogP contribution is -2.42. The average Bonchev–Trinajstić information content (AvgIpc) is 3.32. The van der Waals surface area contributed by atoms with Crippen molar-refractivity contribution < 1.29 is 19.0 Å². The Morgan fingerprint density at radius 2 is 1.86 bits per heavy atom. The van der Waals surface area contributed by atoms with Crippen molar-refractivity contribution in [1.82, 2.24) is 25.5 Å². The van der Waals surface area contributed by atoms with Gasteiger partial charge in [0.15, 0.2) is 11.5 Å². The maximum Gasteiger partial charge on any atom is 0.407 e. The number of nitriles is 1. The Morgan fingerprint density at radius 1 is 1.11 bits per heavy atom. The minimum atomic E-state index is -0.523. The molecule has 4 rings (SSSR count). The fraction of sp³-hybridized carbons (Fsp3) is 0.423. The summed E-state index contributed by atoms with van der Waals surface area (Å²) in [4.78, 5) is 20.3. The molecule has 3 aromatic rings. The lowest BCUT2D eigenvalue weighted by atomic mass is 9.93. The Morgan fingerprint density at radius 3 is 2.51 bits per heavy atom. The van der Waals surface area contributed by atoms with Crippen molar-refractivity contribution in [2.75, 3.05) is 12.4 Å². The monoisotopic (exact) mass is 505 g/mol. The first-order valence-corrected chi connectivity index (χ1v) is 12.1. The number of alkyl carbamates (subject to hydrolysis) is 1. The normalized spacial score (nSPS) is 17.4. The minimum absolute atomic E-state index is 0.00279. The van der Waals surface area contributed by atoms with Gasteiger partial charge in [0.25, 0.3) is 0 Å². The highest BCUT2D eigenvalue weighted by molar-refractivity contribution is 5.76. The first kappa shape index (κ1) is 25.8. The molecule has 11 heteroatoms. The van der Waals surface area contributed by atoms with Gasteiger partial charge in [0, 0.05) is 12.1 Å². The quantitative estimate of drug-likeness (QED) is 0.415. The number of rotatable bonds is 7. The van der Waals surface area contributed by atoms with Crippen molar-refractivity contribution >= 4 is 17.7 Å². The standard InChI is InChI=1S/C26H31N7O4/c1-26(2,3)37-25(34)30-16-8-10-18(11-9-16)36-21-7-5-6-20(35-4)24(21)19-12-22(33-32-19)31-23-15-28-17(13-27)14-29-23/h5-7,12,14-16,18H,8-11H2,1-4H3,(H,30,34)(H2,29,31,32,33). The Labute approximate surface area is 215 Å². The number of anilines is 2. The summed E-state index contributed by atoms with van der Waals surface area (Å²) in [6.45, 7) is 5.55. The first-order valence-electron chi connectivity index (χ1n) is 12.1. The van der Waals surface area contributed by atoms with E-state index in [1.807, 2.05) is 51.1 Å². The van der Waals surface area contributed by atoms with E-state index in [1.165, 1.54) is 12.4 Å². The van der Waals surface area contributed by atoms with Crippen LogP contribution in [0.25, 0.3) is 11.3 Å². The minimum Gasteiger partial charge on any atom is -0.496 e. The summed E-state index contributed by atoms with van der Waals surface area (Å²) in [5.41, 5.74) is 1.17. The maximum absolute atomic E-state index is 12.1. The zero-order valence-corrected chi connectivity index (χ0v) is 21.4. The van der Waals surface area contributed by atoms with Gasteiger partial charge in [-0.05, 0) is 58.6 Å². The van der Waals surface area contributed by atoms with Crippen LogP contribution in [0.15, 0.2) is 36.7 Å². The third-order valence-corrected chi connectivity index (χ3v) is 5.77. The van der Waals surface area contributed by atoms with E-state index in [0.717, 1.165) is 31.2 Å². The molecule has 1 aliphatic rings. The number of methoxy groups -OCH3 is 1. The van der Waals surface area contributed by atoms with Crippen LogP contribution in [0.5, 0.6) is 11.5 Å². The van der Waals surface area contributed by atoms with Crippen LogP contribution in [0, 0.1) is 11.3 Å². The molecule has 3 N–H and O–H groups in total. The second-order valence-corrected chi connectivity index (χ2v) is 9.76. The Balaban J connectivity index is 1.43. The third-order valence-electron chi connectivity index (χ3n) is 5.77. The Bertz CT molecular complexity index is 1250. The van der Waals surface area contributed by atoms with Crippen LogP contribution in [0.2, 0.25) is 0 Å². The molecule has 0 aliphatic heterocycles. The first-order chi connectivity index (χ1) is 17.7. The van der Waals surface area contributed by atoms with Gasteiger partial charge in [-0.2, -0.15) is 10.4 Å². The summed E-state index contributed by atoms with van der Waals surface area (Å²) in [5, 5.41) is 22.3. The van der Waals surface area contributed by atoms with E-state index in [2.05, 4.69) is 30.8 Å². The molecule has 1 saturated carbocycles. The second kappa shape index (κ2) is 11.2. The predicted molar refractivity (Wildman–Crippen MR) is 137 cm³/mol. The average molecular weight is 506 g/mol. The van der Waals surface area contributed by atoms with Crippen molar-refractivity contribution in [2.24, 2.45) is 0 Å². The molecule has 1 amide bonds. The van der Waals surface area contributed by atoms with Crippen LogP contribution in [0.1, 0.15) is 52.1 Å². The Kier molecular flexibility index (Phi) is 7.77. The van der Waals surface area contributed by atoms with E-state index in [1.54, 1.807) is 7.11 Å². The van der Waals surface area contributed by atoms with E-state index in [-0.39, 0.29) is 23.9 Å². The van der Waals surface area contributed by atoms with E-state index in [4.69, 9.17) is 19.5 Å². The number of carbonyl (C=O) groups is 1. The lowest BCUT2D eigenvalue weighted by Gasteiger charge is -2.31. The molecule has 11 nitrogen and oxygen atoms in total. The highest BCUT2D eigenvalue weighted by Crippen LogP contribution is 2.39. The zero-order chi connectivity index (χ0) is 26.4. The van der Waals surface area contributed by atoms with Gasteiger partial charge in [0.05, 0.1) is 36.9 Å². The zero-order valence-electron chi connectivity index (χ0n) is 21.4. The molecular weight excluding hydrogens is 474 g/mol. The molecule has 0 saturated heterocycles. The summed E-state index contributed by atoms with van der Waals surface area (Å²) >= 11 is 0. The van der Waals surface area contributed by atoms with E-state index in [9.17, 15) is 4.79 Å². The van der Waals surface area contributed by atoms with Crippen LogP contribution in [0.4, 0.5) is 16.4 Å². The number of aromatic nitrogens is 4. The Hall–Kier alpha value is -4.33. The topological polar surface area (TPSA) is 147 Å². The van der Waals surface area contributed by atoms with Gasteiger partial charge in [-0.1, -0.05) is 6.07 Å². The van der Waals surface area contributed by atoms with Gasteiger partial charge in [-0.3, -0.25) is 5.10 Å². The second-order valence-electron chi connectivity index (χ2n) is 9.76. The molecule has 0 bridgehead atoms. The van der Waals surface area contributed by atoms with Crippen molar-refractivity contribution in [1.29, 1.82) is 5.26 Å². The molecule has 0 spiro atoms. The molecule has 2 aromatic heterocycles. The number of H-pyrrole nitrogens is 1. The molecule has 1 aliphatic carbocycles. The summed E-state index contributed by atoms with van der Waals surface area (Å²) in [6.07, 6.45) is 5.66. The number of ether oxygens (including phenoxy) is 3. The smallest absolute Gasteiger partial charge is 0.407 e. The lowest BCUT2D eigenvalue weighted by molar-refractivity contribution is 0.0471. The molecule has 1 aromatic carbocycles.